The zero-order chi connectivity index (χ0) is 12.3. The summed E-state index contributed by atoms with van der Waals surface area (Å²) in [6.07, 6.45) is 3.23. The summed E-state index contributed by atoms with van der Waals surface area (Å²) in [4.78, 5) is 13.8. The Labute approximate surface area is 98.5 Å². The lowest BCUT2D eigenvalue weighted by molar-refractivity contribution is -0.136. The summed E-state index contributed by atoms with van der Waals surface area (Å²) in [5.74, 6) is 0.0878. The highest BCUT2D eigenvalue weighted by Gasteiger charge is 2.31. The second-order valence-electron chi connectivity index (χ2n) is 5.39. The Morgan fingerprint density at radius 1 is 1.56 bits per heavy atom. The van der Waals surface area contributed by atoms with Crippen LogP contribution in [0.2, 0.25) is 0 Å². The van der Waals surface area contributed by atoms with Gasteiger partial charge in [-0.15, -0.1) is 0 Å². The van der Waals surface area contributed by atoms with Crippen molar-refractivity contribution in [2.75, 3.05) is 20.3 Å². The molecule has 0 aliphatic carbocycles. The van der Waals surface area contributed by atoms with Gasteiger partial charge in [0.25, 0.3) is 0 Å². The standard InChI is InChI=1S/C13H23NO2/c1-10-11(13(2,3)4)7-6-8-14(10)12(15)9-16-5/h7,10H,6,8-9H2,1-5H3/t10-/m0/s1. The van der Waals surface area contributed by atoms with Crippen LogP contribution in [0.3, 0.4) is 0 Å². The quantitative estimate of drug-likeness (QED) is 0.674. The van der Waals surface area contributed by atoms with Gasteiger partial charge in [-0.2, -0.15) is 0 Å². The molecule has 1 atom stereocenters. The Bertz CT molecular complexity index is 289. The van der Waals surface area contributed by atoms with Gasteiger partial charge in [0.15, 0.2) is 0 Å². The van der Waals surface area contributed by atoms with E-state index in [1.54, 1.807) is 7.11 Å². The van der Waals surface area contributed by atoms with Crippen molar-refractivity contribution in [1.29, 1.82) is 0 Å². The van der Waals surface area contributed by atoms with E-state index in [-0.39, 0.29) is 24.0 Å². The molecule has 3 nitrogen and oxygen atoms in total. The Morgan fingerprint density at radius 2 is 2.19 bits per heavy atom. The van der Waals surface area contributed by atoms with Gasteiger partial charge in [0.05, 0.1) is 6.04 Å². The van der Waals surface area contributed by atoms with Gasteiger partial charge >= 0.3 is 0 Å². The van der Waals surface area contributed by atoms with Gasteiger partial charge in [-0.3, -0.25) is 4.79 Å². The van der Waals surface area contributed by atoms with Gasteiger partial charge < -0.3 is 9.64 Å². The third-order valence-electron chi connectivity index (χ3n) is 3.11. The van der Waals surface area contributed by atoms with E-state index in [1.807, 2.05) is 4.90 Å². The molecule has 1 rings (SSSR count). The number of methoxy groups -OCH3 is 1. The van der Waals surface area contributed by atoms with Gasteiger partial charge in [-0.1, -0.05) is 26.8 Å². The van der Waals surface area contributed by atoms with Crippen molar-refractivity contribution in [3.05, 3.63) is 11.6 Å². The Morgan fingerprint density at radius 3 is 2.69 bits per heavy atom. The van der Waals surface area contributed by atoms with E-state index in [1.165, 1.54) is 5.57 Å². The van der Waals surface area contributed by atoms with E-state index in [0.29, 0.717) is 0 Å². The molecule has 1 heterocycles. The molecule has 1 amide bonds. The number of carbonyl (C=O) groups is 1. The maximum Gasteiger partial charge on any atom is 0.249 e. The fourth-order valence-electron chi connectivity index (χ4n) is 2.37. The van der Waals surface area contributed by atoms with Crippen molar-refractivity contribution in [1.82, 2.24) is 4.90 Å². The predicted molar refractivity (Wildman–Crippen MR) is 65.2 cm³/mol. The molecule has 1 aliphatic heterocycles. The predicted octanol–water partition coefficient (Wildman–Crippen LogP) is 2.23. The van der Waals surface area contributed by atoms with Gasteiger partial charge in [0.1, 0.15) is 6.61 Å². The number of amides is 1. The second kappa shape index (κ2) is 5.00. The van der Waals surface area contributed by atoms with E-state index in [9.17, 15) is 4.79 Å². The van der Waals surface area contributed by atoms with Crippen LogP contribution in [-0.4, -0.2) is 37.1 Å². The largest absolute Gasteiger partial charge is 0.375 e. The Balaban J connectivity index is 2.81. The molecule has 1 aliphatic rings. The average molecular weight is 225 g/mol. The number of nitrogens with zero attached hydrogens (tertiary/aromatic N) is 1. The Kier molecular flexibility index (Phi) is 4.14. The number of hydrogen-bond acceptors (Lipinski definition) is 2. The van der Waals surface area contributed by atoms with Crippen molar-refractivity contribution >= 4 is 5.91 Å². The van der Waals surface area contributed by atoms with Crippen LogP contribution in [0.15, 0.2) is 11.6 Å². The molecular formula is C13H23NO2. The van der Waals surface area contributed by atoms with Crippen LogP contribution in [0.1, 0.15) is 34.1 Å². The molecular weight excluding hydrogens is 202 g/mol. The minimum Gasteiger partial charge on any atom is -0.375 e. The molecule has 0 aromatic heterocycles. The van der Waals surface area contributed by atoms with E-state index >= 15 is 0 Å². The zero-order valence-corrected chi connectivity index (χ0v) is 11.0. The monoisotopic (exact) mass is 225 g/mol. The van der Waals surface area contributed by atoms with Crippen molar-refractivity contribution < 1.29 is 9.53 Å². The lowest BCUT2D eigenvalue weighted by Crippen LogP contribution is -2.46. The summed E-state index contributed by atoms with van der Waals surface area (Å²) in [6, 6.07) is 0.191. The lowest BCUT2D eigenvalue weighted by Gasteiger charge is -2.39. The van der Waals surface area contributed by atoms with Crippen LogP contribution in [-0.2, 0) is 9.53 Å². The first-order valence-corrected chi connectivity index (χ1v) is 5.87. The first-order valence-electron chi connectivity index (χ1n) is 5.87. The SMILES string of the molecule is COCC(=O)N1CCC=C(C(C)(C)C)[C@@H]1C. The molecule has 0 saturated carbocycles. The van der Waals surface area contributed by atoms with E-state index in [2.05, 4.69) is 33.8 Å². The summed E-state index contributed by atoms with van der Waals surface area (Å²) < 4.78 is 4.92. The summed E-state index contributed by atoms with van der Waals surface area (Å²) in [5.41, 5.74) is 1.48. The van der Waals surface area contributed by atoms with Crippen LogP contribution >= 0.6 is 0 Å². The van der Waals surface area contributed by atoms with Gasteiger partial charge in [-0.25, -0.2) is 0 Å². The zero-order valence-electron chi connectivity index (χ0n) is 11.0. The van der Waals surface area contributed by atoms with E-state index in [0.717, 1.165) is 13.0 Å². The van der Waals surface area contributed by atoms with Crippen LogP contribution < -0.4 is 0 Å². The molecule has 0 spiro atoms. The molecule has 0 bridgehead atoms. The van der Waals surface area contributed by atoms with Gasteiger partial charge in [0.2, 0.25) is 5.91 Å². The van der Waals surface area contributed by atoms with Crippen LogP contribution in [0.5, 0.6) is 0 Å². The van der Waals surface area contributed by atoms with Crippen molar-refractivity contribution in [3.8, 4) is 0 Å². The molecule has 3 heteroatoms. The van der Waals surface area contributed by atoms with Crippen molar-refractivity contribution in [2.45, 2.75) is 40.2 Å². The summed E-state index contributed by atoms with van der Waals surface area (Å²) in [6.45, 7) is 9.67. The van der Waals surface area contributed by atoms with Gasteiger partial charge in [0, 0.05) is 13.7 Å². The number of rotatable bonds is 2. The topological polar surface area (TPSA) is 29.5 Å². The molecule has 0 saturated heterocycles. The number of ether oxygens (including phenoxy) is 1. The van der Waals surface area contributed by atoms with E-state index < -0.39 is 0 Å². The fourth-order valence-corrected chi connectivity index (χ4v) is 2.37. The van der Waals surface area contributed by atoms with Crippen LogP contribution in [0.25, 0.3) is 0 Å². The minimum absolute atomic E-state index is 0.0878. The van der Waals surface area contributed by atoms with Crippen molar-refractivity contribution in [3.63, 3.8) is 0 Å². The first-order chi connectivity index (χ1) is 7.38. The number of carbonyl (C=O) groups excluding carboxylic acids is 1. The van der Waals surface area contributed by atoms with Crippen LogP contribution in [0.4, 0.5) is 0 Å². The summed E-state index contributed by atoms with van der Waals surface area (Å²) in [7, 11) is 1.56. The molecule has 0 unspecified atom stereocenters. The summed E-state index contributed by atoms with van der Waals surface area (Å²) in [5, 5.41) is 0. The van der Waals surface area contributed by atoms with E-state index in [4.69, 9.17) is 4.74 Å². The van der Waals surface area contributed by atoms with Crippen molar-refractivity contribution in [2.24, 2.45) is 5.41 Å². The first kappa shape index (κ1) is 13.2. The number of hydrogen-bond donors (Lipinski definition) is 0. The highest BCUT2D eigenvalue weighted by atomic mass is 16.5. The molecule has 16 heavy (non-hydrogen) atoms. The fraction of sp³-hybridized carbons (Fsp3) is 0.769. The minimum atomic E-state index is 0.0878. The molecule has 0 aromatic rings. The second-order valence-corrected chi connectivity index (χ2v) is 5.39. The maximum absolute atomic E-state index is 11.9. The highest BCUT2D eigenvalue weighted by molar-refractivity contribution is 5.78. The van der Waals surface area contributed by atoms with Gasteiger partial charge in [-0.05, 0) is 24.3 Å². The average Bonchev–Trinajstić information content (AvgIpc) is 2.16. The molecule has 0 N–H and O–H groups in total. The summed E-state index contributed by atoms with van der Waals surface area (Å²) >= 11 is 0. The molecule has 0 radical (unpaired) electrons. The molecule has 0 fully saturated rings. The molecule has 0 aromatic carbocycles. The molecule has 92 valence electrons. The lowest BCUT2D eigenvalue weighted by atomic mass is 9.80. The smallest absolute Gasteiger partial charge is 0.249 e. The third-order valence-corrected chi connectivity index (χ3v) is 3.11. The Hall–Kier alpha value is -0.830. The maximum atomic E-state index is 11.9. The van der Waals surface area contributed by atoms with Crippen LogP contribution in [0, 0.1) is 5.41 Å². The third kappa shape index (κ3) is 2.85. The normalized spacial score (nSPS) is 21.9. The highest BCUT2D eigenvalue weighted by Crippen LogP contribution is 2.33.